The molecule has 2 rings (SSSR count). The van der Waals surface area contributed by atoms with Gasteiger partial charge in [0, 0.05) is 51.2 Å². The molecule has 1 unspecified atom stereocenters. The van der Waals surface area contributed by atoms with E-state index in [1.165, 1.54) is 25.9 Å². The Labute approximate surface area is 146 Å². The first-order valence-electron chi connectivity index (χ1n) is 9.18. The van der Waals surface area contributed by atoms with Crippen molar-refractivity contribution in [1.82, 2.24) is 25.3 Å². The van der Waals surface area contributed by atoms with Crippen LogP contribution in [0.5, 0.6) is 0 Å². The van der Waals surface area contributed by atoms with Crippen molar-refractivity contribution < 1.29 is 0 Å². The standard InChI is InChI=1S/C18H34N6/c1-16-8-5-11-23(14-16)18(2,3)15-21-17(19-4)20-9-6-12-24-13-7-10-22-24/h7,10,13,16H,5-6,8-9,11-12,14-15H2,1-4H3,(H2,19,20,21). The van der Waals surface area contributed by atoms with E-state index in [4.69, 9.17) is 0 Å². The number of nitrogens with one attached hydrogen (secondary N) is 2. The highest BCUT2D eigenvalue weighted by atomic mass is 15.3. The van der Waals surface area contributed by atoms with Gasteiger partial charge in [-0.1, -0.05) is 6.92 Å². The average molecular weight is 335 g/mol. The molecule has 1 fully saturated rings. The van der Waals surface area contributed by atoms with Crippen molar-refractivity contribution in [3.8, 4) is 0 Å². The maximum atomic E-state index is 4.34. The smallest absolute Gasteiger partial charge is 0.191 e. The lowest BCUT2D eigenvalue weighted by Crippen LogP contribution is -2.56. The highest BCUT2D eigenvalue weighted by Crippen LogP contribution is 2.23. The lowest BCUT2D eigenvalue weighted by Gasteiger charge is -2.43. The maximum Gasteiger partial charge on any atom is 0.191 e. The molecule has 0 radical (unpaired) electrons. The molecule has 1 aliphatic rings. The van der Waals surface area contributed by atoms with Gasteiger partial charge in [0.05, 0.1) is 0 Å². The van der Waals surface area contributed by atoms with Crippen LogP contribution in [0.4, 0.5) is 0 Å². The molecule has 24 heavy (non-hydrogen) atoms. The molecule has 0 saturated carbocycles. The number of guanidine groups is 1. The zero-order chi connectivity index (χ0) is 17.4. The number of hydrogen-bond donors (Lipinski definition) is 2. The molecule has 1 aromatic rings. The number of piperidine rings is 1. The maximum absolute atomic E-state index is 4.34. The quantitative estimate of drug-likeness (QED) is 0.455. The minimum absolute atomic E-state index is 0.140. The van der Waals surface area contributed by atoms with E-state index in [0.717, 1.165) is 37.9 Å². The number of hydrogen-bond acceptors (Lipinski definition) is 3. The Morgan fingerprint density at radius 2 is 2.21 bits per heavy atom. The molecule has 1 saturated heterocycles. The summed E-state index contributed by atoms with van der Waals surface area (Å²) in [6.45, 7) is 12.1. The van der Waals surface area contributed by atoms with Gasteiger partial charge < -0.3 is 10.6 Å². The summed E-state index contributed by atoms with van der Waals surface area (Å²) in [5.74, 6) is 1.69. The molecular formula is C18H34N6. The fraction of sp³-hybridized carbons (Fsp3) is 0.778. The fourth-order valence-corrected chi connectivity index (χ4v) is 3.25. The molecule has 136 valence electrons. The molecule has 1 aliphatic heterocycles. The van der Waals surface area contributed by atoms with E-state index >= 15 is 0 Å². The Hall–Kier alpha value is -1.56. The third-order valence-electron chi connectivity index (χ3n) is 4.84. The molecule has 0 amide bonds. The van der Waals surface area contributed by atoms with Crippen molar-refractivity contribution in [1.29, 1.82) is 0 Å². The van der Waals surface area contributed by atoms with Crippen LogP contribution in [0.15, 0.2) is 23.5 Å². The minimum Gasteiger partial charge on any atom is -0.356 e. The Kier molecular flexibility index (Phi) is 7.09. The molecule has 0 bridgehead atoms. The van der Waals surface area contributed by atoms with E-state index in [0.29, 0.717) is 0 Å². The predicted octanol–water partition coefficient (Wildman–Crippen LogP) is 1.95. The van der Waals surface area contributed by atoms with Crippen LogP contribution in [0.3, 0.4) is 0 Å². The summed E-state index contributed by atoms with van der Waals surface area (Å²) in [6.07, 6.45) is 7.51. The Morgan fingerprint density at radius 1 is 1.38 bits per heavy atom. The van der Waals surface area contributed by atoms with Gasteiger partial charge in [-0.15, -0.1) is 0 Å². The molecule has 0 aromatic carbocycles. The number of aryl methyl sites for hydroxylation is 1. The Bertz CT molecular complexity index is 494. The average Bonchev–Trinajstić information content (AvgIpc) is 3.07. The summed E-state index contributed by atoms with van der Waals surface area (Å²) < 4.78 is 1.96. The van der Waals surface area contributed by atoms with Crippen molar-refractivity contribution in [2.75, 3.05) is 33.2 Å². The van der Waals surface area contributed by atoms with Crippen LogP contribution in [0.1, 0.15) is 40.0 Å². The predicted molar refractivity (Wildman–Crippen MR) is 100 cm³/mol. The summed E-state index contributed by atoms with van der Waals surface area (Å²) in [5.41, 5.74) is 0.140. The molecule has 0 spiro atoms. The van der Waals surface area contributed by atoms with Gasteiger partial charge in [0.2, 0.25) is 0 Å². The molecular weight excluding hydrogens is 300 g/mol. The molecule has 2 N–H and O–H groups in total. The van der Waals surface area contributed by atoms with Gasteiger partial charge >= 0.3 is 0 Å². The van der Waals surface area contributed by atoms with Crippen LogP contribution in [-0.4, -0.2) is 59.4 Å². The van der Waals surface area contributed by atoms with E-state index in [9.17, 15) is 0 Å². The first-order chi connectivity index (χ1) is 11.5. The minimum atomic E-state index is 0.140. The summed E-state index contributed by atoms with van der Waals surface area (Å²) in [7, 11) is 1.83. The van der Waals surface area contributed by atoms with Gasteiger partial charge in [0.25, 0.3) is 0 Å². The molecule has 6 heteroatoms. The van der Waals surface area contributed by atoms with Crippen LogP contribution in [-0.2, 0) is 6.54 Å². The zero-order valence-electron chi connectivity index (χ0n) is 15.8. The lowest BCUT2D eigenvalue weighted by atomic mass is 9.93. The second kappa shape index (κ2) is 9.06. The molecule has 6 nitrogen and oxygen atoms in total. The van der Waals surface area contributed by atoms with E-state index in [-0.39, 0.29) is 5.54 Å². The van der Waals surface area contributed by atoms with Gasteiger partial charge in [0.15, 0.2) is 5.96 Å². The van der Waals surface area contributed by atoms with Gasteiger partial charge in [-0.3, -0.25) is 14.6 Å². The third kappa shape index (κ3) is 5.82. The highest BCUT2D eigenvalue weighted by Gasteiger charge is 2.30. The number of likely N-dealkylation sites (tertiary alicyclic amines) is 1. The summed E-state index contributed by atoms with van der Waals surface area (Å²) in [6, 6.07) is 1.96. The van der Waals surface area contributed by atoms with Gasteiger partial charge in [-0.2, -0.15) is 5.10 Å². The van der Waals surface area contributed by atoms with Gasteiger partial charge in [-0.25, -0.2) is 0 Å². The summed E-state index contributed by atoms with van der Waals surface area (Å²) in [5, 5.41) is 11.1. The molecule has 1 aromatic heterocycles. The van der Waals surface area contributed by atoms with E-state index in [2.05, 4.69) is 46.4 Å². The van der Waals surface area contributed by atoms with Crippen molar-refractivity contribution in [3.05, 3.63) is 18.5 Å². The number of rotatable bonds is 7. The number of aliphatic imine (C=N–C) groups is 1. The Morgan fingerprint density at radius 3 is 2.88 bits per heavy atom. The lowest BCUT2D eigenvalue weighted by molar-refractivity contribution is 0.0739. The van der Waals surface area contributed by atoms with Crippen molar-refractivity contribution in [3.63, 3.8) is 0 Å². The molecule has 1 atom stereocenters. The first kappa shape index (κ1) is 18.8. The largest absolute Gasteiger partial charge is 0.356 e. The van der Waals surface area contributed by atoms with Gasteiger partial charge in [-0.05, 0) is 51.6 Å². The van der Waals surface area contributed by atoms with Gasteiger partial charge in [0.1, 0.15) is 0 Å². The van der Waals surface area contributed by atoms with Crippen LogP contribution in [0, 0.1) is 5.92 Å². The third-order valence-corrected chi connectivity index (χ3v) is 4.84. The van der Waals surface area contributed by atoms with E-state index in [1.54, 1.807) is 0 Å². The second-order valence-corrected chi connectivity index (χ2v) is 7.48. The van der Waals surface area contributed by atoms with Crippen molar-refractivity contribution >= 4 is 5.96 Å². The highest BCUT2D eigenvalue weighted by molar-refractivity contribution is 5.79. The number of aromatic nitrogens is 2. The van der Waals surface area contributed by atoms with Crippen molar-refractivity contribution in [2.45, 2.75) is 52.1 Å². The van der Waals surface area contributed by atoms with Crippen LogP contribution in [0.25, 0.3) is 0 Å². The first-order valence-corrected chi connectivity index (χ1v) is 9.18. The zero-order valence-corrected chi connectivity index (χ0v) is 15.8. The Balaban J connectivity index is 1.69. The van der Waals surface area contributed by atoms with Crippen molar-refractivity contribution in [2.24, 2.45) is 10.9 Å². The van der Waals surface area contributed by atoms with Crippen LogP contribution < -0.4 is 10.6 Å². The SMILES string of the molecule is CN=C(NCCCn1cccn1)NCC(C)(C)N1CCCC(C)C1. The molecule has 2 heterocycles. The summed E-state index contributed by atoms with van der Waals surface area (Å²) >= 11 is 0. The van der Waals surface area contributed by atoms with Crippen LogP contribution in [0.2, 0.25) is 0 Å². The second-order valence-electron chi connectivity index (χ2n) is 7.48. The number of nitrogens with zero attached hydrogens (tertiary/aromatic N) is 4. The summed E-state index contributed by atoms with van der Waals surface area (Å²) in [4.78, 5) is 6.95. The normalized spacial score (nSPS) is 20.2. The topological polar surface area (TPSA) is 57.5 Å². The van der Waals surface area contributed by atoms with E-state index < -0.39 is 0 Å². The monoisotopic (exact) mass is 334 g/mol. The van der Waals surface area contributed by atoms with E-state index in [1.807, 2.05) is 30.2 Å². The molecule has 0 aliphatic carbocycles. The van der Waals surface area contributed by atoms with Crippen LogP contribution >= 0.6 is 0 Å². The fourth-order valence-electron chi connectivity index (χ4n) is 3.25.